The van der Waals surface area contributed by atoms with Gasteiger partial charge in [-0.1, -0.05) is 12.1 Å². The van der Waals surface area contributed by atoms with E-state index in [0.29, 0.717) is 61.1 Å². The Labute approximate surface area is 180 Å². The lowest BCUT2D eigenvalue weighted by Crippen LogP contribution is -2.36. The van der Waals surface area contributed by atoms with E-state index in [1.54, 1.807) is 6.07 Å². The third kappa shape index (κ3) is 2.41. The maximum Gasteiger partial charge on any atom is 0.409 e. The standard InChI is InChI=1S/C23H27N5O3/c1-12-14-4-17-20(12)23(17,6-14)11-31-22(30)28-9-15-7-27(8-16(15)10-28)21(29)13-2-3-18-19(5-13)25-26-24-18/h2-3,5,12,14-17,20H,4,6-11H2,1H3,(H,24,25,26)/t12?,14-,15-,16+,17+,20?,23?/m1/s1. The van der Waals surface area contributed by atoms with Crippen LogP contribution in [0.3, 0.4) is 0 Å². The zero-order chi connectivity index (χ0) is 20.9. The van der Waals surface area contributed by atoms with E-state index < -0.39 is 0 Å². The number of likely N-dealkylation sites (tertiary alicyclic amines) is 2. The molecule has 0 radical (unpaired) electrons. The number of hydrogen-bond acceptors (Lipinski definition) is 5. The van der Waals surface area contributed by atoms with Crippen molar-refractivity contribution in [2.24, 2.45) is 40.9 Å². The van der Waals surface area contributed by atoms with Crippen LogP contribution in [0.15, 0.2) is 18.2 Å². The summed E-state index contributed by atoms with van der Waals surface area (Å²) in [6.45, 7) is 5.76. The Hall–Kier alpha value is -2.64. The molecule has 3 unspecified atom stereocenters. The Kier molecular flexibility index (Phi) is 3.47. The van der Waals surface area contributed by atoms with E-state index in [9.17, 15) is 9.59 Å². The van der Waals surface area contributed by atoms with Crippen LogP contribution < -0.4 is 0 Å². The van der Waals surface area contributed by atoms with Crippen molar-refractivity contribution in [3.8, 4) is 0 Å². The first kappa shape index (κ1) is 18.0. The molecule has 1 N–H and O–H groups in total. The van der Waals surface area contributed by atoms with Gasteiger partial charge in [0.15, 0.2) is 0 Å². The number of carbonyl (C=O) groups is 2. The molecule has 31 heavy (non-hydrogen) atoms. The van der Waals surface area contributed by atoms with Crippen molar-refractivity contribution >= 4 is 23.0 Å². The van der Waals surface area contributed by atoms with Crippen LogP contribution in [-0.4, -0.2) is 70.0 Å². The van der Waals surface area contributed by atoms with Crippen LogP contribution in [-0.2, 0) is 4.74 Å². The molecule has 7 atom stereocenters. The minimum atomic E-state index is -0.152. The average Bonchev–Trinajstić information content (AvgIpc) is 3.45. The number of ether oxygens (including phenoxy) is 1. The maximum absolute atomic E-state index is 13.0. The van der Waals surface area contributed by atoms with E-state index in [-0.39, 0.29) is 12.0 Å². The minimum Gasteiger partial charge on any atom is -0.449 e. The van der Waals surface area contributed by atoms with E-state index >= 15 is 0 Å². The Balaban J connectivity index is 0.955. The molecular weight excluding hydrogens is 394 g/mol. The molecule has 2 aromatic rings. The molecule has 6 aliphatic rings. The van der Waals surface area contributed by atoms with Crippen LogP contribution >= 0.6 is 0 Å². The van der Waals surface area contributed by atoms with Crippen molar-refractivity contribution in [3.05, 3.63) is 23.8 Å². The first-order valence-electron chi connectivity index (χ1n) is 11.6. The number of nitrogens with one attached hydrogen (secondary N) is 1. The van der Waals surface area contributed by atoms with Crippen molar-refractivity contribution in [1.82, 2.24) is 25.2 Å². The van der Waals surface area contributed by atoms with Crippen molar-refractivity contribution in [2.45, 2.75) is 19.8 Å². The summed E-state index contributed by atoms with van der Waals surface area (Å²) in [5.41, 5.74) is 2.49. The van der Waals surface area contributed by atoms with Gasteiger partial charge in [-0.25, -0.2) is 4.79 Å². The van der Waals surface area contributed by atoms with Crippen LogP contribution in [0.2, 0.25) is 0 Å². The lowest BCUT2D eigenvalue weighted by molar-refractivity contribution is 0.0745. The second-order valence-corrected chi connectivity index (χ2v) is 10.7. The second kappa shape index (κ2) is 5.99. The van der Waals surface area contributed by atoms with Crippen LogP contribution in [0.1, 0.15) is 30.1 Å². The second-order valence-electron chi connectivity index (χ2n) is 10.7. The summed E-state index contributed by atoms with van der Waals surface area (Å²) < 4.78 is 5.83. The predicted molar refractivity (Wildman–Crippen MR) is 111 cm³/mol. The predicted octanol–water partition coefficient (Wildman–Crippen LogP) is 2.39. The summed E-state index contributed by atoms with van der Waals surface area (Å²) >= 11 is 0. The van der Waals surface area contributed by atoms with Gasteiger partial charge in [0, 0.05) is 49.0 Å². The van der Waals surface area contributed by atoms with Gasteiger partial charge in [0.2, 0.25) is 0 Å². The summed E-state index contributed by atoms with van der Waals surface area (Å²) in [6.07, 6.45) is 2.46. The SMILES string of the molecule is CC1C2[C@@H]3C[C@@H]1CC23COC(=O)N1C[C@@H]2CN(C(=O)c3ccc4[nH]nnc4c3)C[C@@H]2C1. The van der Waals surface area contributed by atoms with Crippen molar-refractivity contribution < 1.29 is 14.3 Å². The highest BCUT2D eigenvalue weighted by molar-refractivity contribution is 5.97. The number of aromatic nitrogens is 3. The molecule has 1 aromatic carbocycles. The minimum absolute atomic E-state index is 0.0293. The van der Waals surface area contributed by atoms with Gasteiger partial charge >= 0.3 is 6.09 Å². The zero-order valence-corrected chi connectivity index (χ0v) is 17.7. The van der Waals surface area contributed by atoms with Crippen LogP contribution in [0.5, 0.6) is 0 Å². The van der Waals surface area contributed by atoms with E-state index in [2.05, 4.69) is 22.3 Å². The summed E-state index contributed by atoms with van der Waals surface area (Å²) in [5, 5.41) is 10.6. The van der Waals surface area contributed by atoms with Gasteiger partial charge in [0.25, 0.3) is 5.91 Å². The van der Waals surface area contributed by atoms with Gasteiger partial charge in [-0.05, 0) is 54.7 Å². The number of H-pyrrole nitrogens is 1. The molecule has 8 nitrogen and oxygen atoms in total. The third-order valence-corrected chi connectivity index (χ3v) is 9.30. The number of rotatable bonds is 3. The highest BCUT2D eigenvalue weighted by atomic mass is 16.6. The van der Waals surface area contributed by atoms with Crippen LogP contribution in [0, 0.1) is 40.9 Å². The molecular formula is C23H27N5O3. The molecule has 6 fully saturated rings. The highest BCUT2D eigenvalue weighted by Gasteiger charge is 2.77. The molecule has 4 aliphatic carbocycles. The Bertz CT molecular complexity index is 1090. The summed E-state index contributed by atoms with van der Waals surface area (Å²) in [6, 6.07) is 5.45. The largest absolute Gasteiger partial charge is 0.449 e. The maximum atomic E-state index is 13.0. The third-order valence-electron chi connectivity index (χ3n) is 9.30. The van der Waals surface area contributed by atoms with Gasteiger partial charge in [-0.2, -0.15) is 0 Å². The normalized spacial score (nSPS) is 39.4. The Morgan fingerprint density at radius 3 is 2.61 bits per heavy atom. The number of amides is 2. The molecule has 8 rings (SSSR count). The molecule has 8 heteroatoms. The zero-order valence-electron chi connectivity index (χ0n) is 17.7. The van der Waals surface area contributed by atoms with Gasteiger partial charge in [-0.3, -0.25) is 9.89 Å². The number of carbonyl (C=O) groups excluding carboxylic acids is 2. The van der Waals surface area contributed by atoms with Crippen LogP contribution in [0.4, 0.5) is 4.79 Å². The summed E-state index contributed by atoms with van der Waals surface area (Å²) in [7, 11) is 0. The van der Waals surface area contributed by atoms with E-state index in [4.69, 9.17) is 4.74 Å². The fourth-order valence-electron chi connectivity index (χ4n) is 7.78. The fraction of sp³-hybridized carbons (Fsp3) is 0.652. The number of aromatic amines is 1. The molecule has 0 spiro atoms. The summed E-state index contributed by atoms with van der Waals surface area (Å²) in [5.74, 6) is 4.00. The smallest absolute Gasteiger partial charge is 0.409 e. The van der Waals surface area contributed by atoms with Gasteiger partial charge < -0.3 is 14.5 Å². The topological polar surface area (TPSA) is 91.4 Å². The van der Waals surface area contributed by atoms with Crippen molar-refractivity contribution in [2.75, 3.05) is 32.8 Å². The lowest BCUT2D eigenvalue weighted by Gasteiger charge is -2.22. The van der Waals surface area contributed by atoms with E-state index in [1.807, 2.05) is 21.9 Å². The summed E-state index contributed by atoms with van der Waals surface area (Å²) in [4.78, 5) is 29.5. The quantitative estimate of drug-likeness (QED) is 0.822. The molecule has 4 bridgehead atoms. The van der Waals surface area contributed by atoms with E-state index in [1.165, 1.54) is 12.8 Å². The Morgan fingerprint density at radius 1 is 1.16 bits per heavy atom. The molecule has 2 amide bonds. The number of nitrogens with zero attached hydrogens (tertiary/aromatic N) is 4. The van der Waals surface area contributed by atoms with Crippen LogP contribution in [0.25, 0.3) is 11.0 Å². The first-order valence-corrected chi connectivity index (χ1v) is 11.6. The number of benzene rings is 1. The lowest BCUT2D eigenvalue weighted by atomic mass is 10.0. The molecule has 4 saturated carbocycles. The van der Waals surface area contributed by atoms with Gasteiger partial charge in [0.1, 0.15) is 5.52 Å². The van der Waals surface area contributed by atoms with Crippen molar-refractivity contribution in [3.63, 3.8) is 0 Å². The monoisotopic (exact) mass is 421 g/mol. The first-order chi connectivity index (χ1) is 15.0. The molecule has 2 aliphatic heterocycles. The molecule has 162 valence electrons. The molecule has 3 heterocycles. The van der Waals surface area contributed by atoms with Crippen molar-refractivity contribution in [1.29, 1.82) is 0 Å². The van der Waals surface area contributed by atoms with Gasteiger partial charge in [-0.15, -0.1) is 5.10 Å². The van der Waals surface area contributed by atoms with E-state index in [0.717, 1.165) is 29.2 Å². The molecule has 1 aromatic heterocycles. The fourth-order valence-corrected chi connectivity index (χ4v) is 7.78. The Morgan fingerprint density at radius 2 is 1.94 bits per heavy atom. The highest BCUT2D eigenvalue weighted by Crippen LogP contribution is 2.81. The average molecular weight is 422 g/mol. The number of hydrogen-bond donors (Lipinski definition) is 1. The molecule has 2 saturated heterocycles. The number of fused-ring (bicyclic) bond motifs is 2. The van der Waals surface area contributed by atoms with Gasteiger partial charge in [0.05, 0.1) is 12.1 Å².